The van der Waals surface area contributed by atoms with Gasteiger partial charge in [0.1, 0.15) is 0 Å². The smallest absolute Gasteiger partial charge is 0.329 e. The third-order valence-corrected chi connectivity index (χ3v) is 5.27. The first-order valence-electron chi connectivity index (χ1n) is 10.6. The Hall–Kier alpha value is -3.40. The summed E-state index contributed by atoms with van der Waals surface area (Å²) in [5, 5.41) is 9.18. The standard InChI is InChI=1S/C24H29BrN4O5/c1-6-16(4)27-23(31)24(32)29-26-12-17-10-19(25)22(20(11-17)33-5)34-13-21(30)28-18-8-14(2)7-15(3)9-18/h7-12,16H,6,13H2,1-5H3,(H,27,31)(H,28,30)(H,29,32)/b26-12-/t16-/m0/s1. The molecule has 2 aromatic rings. The molecule has 1 atom stereocenters. The van der Waals surface area contributed by atoms with Gasteiger partial charge in [0.05, 0.1) is 17.8 Å². The van der Waals surface area contributed by atoms with Gasteiger partial charge in [-0.3, -0.25) is 14.4 Å². The number of methoxy groups -OCH3 is 1. The van der Waals surface area contributed by atoms with Crippen LogP contribution in [0.25, 0.3) is 0 Å². The zero-order chi connectivity index (χ0) is 25.3. The molecule has 10 heteroatoms. The van der Waals surface area contributed by atoms with E-state index < -0.39 is 11.8 Å². The molecule has 0 radical (unpaired) electrons. The van der Waals surface area contributed by atoms with Crippen molar-refractivity contribution < 1.29 is 23.9 Å². The number of anilines is 1. The van der Waals surface area contributed by atoms with Crippen molar-refractivity contribution in [3.63, 3.8) is 0 Å². The molecule has 182 valence electrons. The third kappa shape index (κ3) is 8.18. The summed E-state index contributed by atoms with van der Waals surface area (Å²) < 4.78 is 11.6. The molecule has 2 aromatic carbocycles. The van der Waals surface area contributed by atoms with E-state index in [-0.39, 0.29) is 18.6 Å². The first-order chi connectivity index (χ1) is 16.1. The van der Waals surface area contributed by atoms with E-state index in [0.717, 1.165) is 11.1 Å². The first-order valence-corrected chi connectivity index (χ1v) is 11.4. The molecule has 0 heterocycles. The summed E-state index contributed by atoms with van der Waals surface area (Å²) in [6.45, 7) is 7.39. The van der Waals surface area contributed by atoms with Gasteiger partial charge in [0, 0.05) is 11.7 Å². The van der Waals surface area contributed by atoms with Crippen molar-refractivity contribution in [2.24, 2.45) is 5.10 Å². The topological polar surface area (TPSA) is 118 Å². The number of hydrogen-bond donors (Lipinski definition) is 3. The summed E-state index contributed by atoms with van der Waals surface area (Å²) in [7, 11) is 1.46. The van der Waals surface area contributed by atoms with Gasteiger partial charge >= 0.3 is 11.8 Å². The average Bonchev–Trinajstić information content (AvgIpc) is 2.76. The molecule has 0 aliphatic rings. The minimum absolute atomic E-state index is 0.113. The number of ether oxygens (including phenoxy) is 2. The molecule has 3 amide bonds. The van der Waals surface area contributed by atoms with Crippen LogP contribution in [0.1, 0.15) is 37.0 Å². The summed E-state index contributed by atoms with van der Waals surface area (Å²) in [5.41, 5.74) is 5.54. The molecule has 0 unspecified atom stereocenters. The monoisotopic (exact) mass is 532 g/mol. The van der Waals surface area contributed by atoms with Crippen LogP contribution in [-0.4, -0.2) is 43.7 Å². The number of rotatable bonds is 9. The normalized spacial score (nSPS) is 11.6. The molecule has 0 bridgehead atoms. The van der Waals surface area contributed by atoms with Crippen LogP contribution in [-0.2, 0) is 14.4 Å². The van der Waals surface area contributed by atoms with Gasteiger partial charge in [-0.15, -0.1) is 0 Å². The number of nitrogens with zero attached hydrogens (tertiary/aromatic N) is 1. The number of carbonyl (C=O) groups is 3. The van der Waals surface area contributed by atoms with Gasteiger partial charge in [0.2, 0.25) is 0 Å². The lowest BCUT2D eigenvalue weighted by Crippen LogP contribution is -2.41. The van der Waals surface area contributed by atoms with E-state index in [2.05, 4.69) is 37.1 Å². The van der Waals surface area contributed by atoms with Crippen molar-refractivity contribution in [1.29, 1.82) is 0 Å². The van der Waals surface area contributed by atoms with E-state index in [9.17, 15) is 14.4 Å². The third-order valence-electron chi connectivity index (χ3n) is 4.68. The summed E-state index contributed by atoms with van der Waals surface area (Å²) in [5.74, 6) is -1.24. The van der Waals surface area contributed by atoms with Crippen molar-refractivity contribution in [3.05, 3.63) is 51.5 Å². The molecule has 0 spiro atoms. The maximum absolute atomic E-state index is 12.3. The second kappa shape index (κ2) is 12.7. The number of amides is 3. The Morgan fingerprint density at radius 2 is 1.76 bits per heavy atom. The SMILES string of the molecule is CC[C@H](C)NC(=O)C(=O)N/N=C\c1cc(Br)c(OCC(=O)Nc2cc(C)cc(C)c2)c(OC)c1. The molecular weight excluding hydrogens is 504 g/mol. The molecule has 0 aliphatic heterocycles. The number of aryl methyl sites for hydroxylation is 2. The largest absolute Gasteiger partial charge is 0.493 e. The van der Waals surface area contributed by atoms with Crippen LogP contribution in [0.3, 0.4) is 0 Å². The molecule has 0 saturated heterocycles. The van der Waals surface area contributed by atoms with Crippen LogP contribution >= 0.6 is 15.9 Å². The summed E-state index contributed by atoms with van der Waals surface area (Å²) >= 11 is 3.40. The Kier molecular flexibility index (Phi) is 10.1. The van der Waals surface area contributed by atoms with Crippen LogP contribution in [0, 0.1) is 13.8 Å². The van der Waals surface area contributed by atoms with Gasteiger partial charge in [-0.05, 0) is 84.1 Å². The van der Waals surface area contributed by atoms with Crippen molar-refractivity contribution in [2.75, 3.05) is 19.0 Å². The highest BCUT2D eigenvalue weighted by Crippen LogP contribution is 2.36. The molecule has 3 N–H and O–H groups in total. The van der Waals surface area contributed by atoms with Crippen molar-refractivity contribution >= 4 is 45.6 Å². The lowest BCUT2D eigenvalue weighted by atomic mass is 10.1. The molecule has 2 rings (SSSR count). The van der Waals surface area contributed by atoms with Crippen molar-refractivity contribution in [2.45, 2.75) is 40.2 Å². The summed E-state index contributed by atoms with van der Waals surface area (Å²) in [6, 6.07) is 8.96. The van der Waals surface area contributed by atoms with Crippen LogP contribution in [0.5, 0.6) is 11.5 Å². The van der Waals surface area contributed by atoms with Crippen LogP contribution in [0.4, 0.5) is 5.69 Å². The van der Waals surface area contributed by atoms with Gasteiger partial charge in [-0.1, -0.05) is 13.0 Å². The fourth-order valence-electron chi connectivity index (χ4n) is 2.94. The van der Waals surface area contributed by atoms with Crippen molar-refractivity contribution in [3.8, 4) is 11.5 Å². The van der Waals surface area contributed by atoms with E-state index >= 15 is 0 Å². The van der Waals surface area contributed by atoms with Crippen LogP contribution < -0.4 is 25.5 Å². The minimum Gasteiger partial charge on any atom is -0.493 e. The van der Waals surface area contributed by atoms with E-state index in [1.807, 2.05) is 39.0 Å². The zero-order valence-electron chi connectivity index (χ0n) is 19.8. The molecule has 34 heavy (non-hydrogen) atoms. The molecule has 0 aromatic heterocycles. The molecule has 9 nitrogen and oxygen atoms in total. The Bertz CT molecular complexity index is 1070. The Labute approximate surface area is 207 Å². The Morgan fingerprint density at radius 1 is 1.09 bits per heavy atom. The Morgan fingerprint density at radius 3 is 2.38 bits per heavy atom. The fraction of sp³-hybridized carbons (Fsp3) is 0.333. The summed E-state index contributed by atoms with van der Waals surface area (Å²) in [4.78, 5) is 35.9. The van der Waals surface area contributed by atoms with Gasteiger partial charge in [-0.2, -0.15) is 5.10 Å². The summed E-state index contributed by atoms with van der Waals surface area (Å²) in [6.07, 6.45) is 2.07. The number of carbonyl (C=O) groups excluding carboxylic acids is 3. The quantitative estimate of drug-likeness (QED) is 0.259. The molecule has 0 saturated carbocycles. The Balaban J connectivity index is 2.00. The predicted octanol–water partition coefficient (Wildman–Crippen LogP) is 3.46. The predicted molar refractivity (Wildman–Crippen MR) is 134 cm³/mol. The average molecular weight is 533 g/mol. The van der Waals surface area contributed by atoms with Gasteiger partial charge in [-0.25, -0.2) is 5.43 Å². The second-order valence-electron chi connectivity index (χ2n) is 7.73. The zero-order valence-corrected chi connectivity index (χ0v) is 21.4. The minimum atomic E-state index is -0.864. The van der Waals surface area contributed by atoms with E-state index in [4.69, 9.17) is 9.47 Å². The number of benzene rings is 2. The van der Waals surface area contributed by atoms with E-state index in [0.29, 0.717) is 33.6 Å². The number of hydrogen-bond acceptors (Lipinski definition) is 6. The highest BCUT2D eigenvalue weighted by atomic mass is 79.9. The maximum Gasteiger partial charge on any atom is 0.329 e. The second-order valence-corrected chi connectivity index (χ2v) is 8.58. The van der Waals surface area contributed by atoms with Crippen LogP contribution in [0.15, 0.2) is 39.9 Å². The number of hydrazone groups is 1. The van der Waals surface area contributed by atoms with Crippen LogP contribution in [0.2, 0.25) is 0 Å². The van der Waals surface area contributed by atoms with E-state index in [1.54, 1.807) is 19.1 Å². The molecule has 0 fully saturated rings. The van der Waals surface area contributed by atoms with Gasteiger partial charge in [0.15, 0.2) is 18.1 Å². The molecule has 0 aliphatic carbocycles. The number of nitrogens with one attached hydrogen (secondary N) is 3. The maximum atomic E-state index is 12.3. The van der Waals surface area contributed by atoms with Gasteiger partial charge < -0.3 is 20.1 Å². The first kappa shape index (κ1) is 26.8. The highest BCUT2D eigenvalue weighted by molar-refractivity contribution is 9.10. The number of halogens is 1. The highest BCUT2D eigenvalue weighted by Gasteiger charge is 2.15. The lowest BCUT2D eigenvalue weighted by molar-refractivity contribution is -0.139. The van der Waals surface area contributed by atoms with Crippen molar-refractivity contribution in [1.82, 2.24) is 10.7 Å². The van der Waals surface area contributed by atoms with E-state index in [1.165, 1.54) is 13.3 Å². The fourth-order valence-corrected chi connectivity index (χ4v) is 3.52. The molecular formula is C24H29BrN4O5. The van der Waals surface area contributed by atoms with Gasteiger partial charge in [0.25, 0.3) is 5.91 Å². The lowest BCUT2D eigenvalue weighted by Gasteiger charge is -2.14.